The summed E-state index contributed by atoms with van der Waals surface area (Å²) in [4.78, 5) is 0. The molecule has 0 spiro atoms. The highest BCUT2D eigenvalue weighted by molar-refractivity contribution is 6.25. The lowest BCUT2D eigenvalue weighted by Gasteiger charge is -2.17. The van der Waals surface area contributed by atoms with Crippen LogP contribution >= 0.6 is 0 Å². The fourth-order valence-corrected chi connectivity index (χ4v) is 9.86. The Hall–Kier alpha value is -8.84. The van der Waals surface area contributed by atoms with Gasteiger partial charge in [-0.2, -0.15) is 10.5 Å². The number of benzene rings is 9. The molecule has 0 amide bonds. The van der Waals surface area contributed by atoms with Gasteiger partial charge in [-0.1, -0.05) is 91.0 Å². The first-order chi connectivity index (χ1) is 30.6. The van der Waals surface area contributed by atoms with Gasteiger partial charge in [0, 0.05) is 49.3 Å². The second-order valence-corrected chi connectivity index (χ2v) is 15.9. The topological polar surface area (TPSA) is 83.7 Å². The Morgan fingerprint density at radius 1 is 0.371 bits per heavy atom. The minimum Gasteiger partial charge on any atom is -0.455 e. The van der Waals surface area contributed by atoms with Gasteiger partial charge < -0.3 is 18.0 Å². The maximum atomic E-state index is 10.7. The Bertz CT molecular complexity index is 3940. The van der Waals surface area contributed by atoms with Gasteiger partial charge in [0.15, 0.2) is 0 Å². The van der Waals surface area contributed by atoms with Gasteiger partial charge in [0.2, 0.25) is 0 Å². The lowest BCUT2D eigenvalue weighted by atomic mass is 9.94. The summed E-state index contributed by atoms with van der Waals surface area (Å²) in [6, 6.07) is 67.1. The first kappa shape index (κ1) is 34.1. The number of hydrogen-bond donors (Lipinski definition) is 0. The third kappa shape index (κ3) is 4.78. The van der Waals surface area contributed by atoms with Crippen molar-refractivity contribution in [2.45, 2.75) is 0 Å². The fourth-order valence-electron chi connectivity index (χ4n) is 9.86. The van der Waals surface area contributed by atoms with Crippen molar-refractivity contribution < 1.29 is 8.83 Å². The van der Waals surface area contributed by atoms with Crippen molar-refractivity contribution in [2.75, 3.05) is 0 Å². The van der Waals surface area contributed by atoms with E-state index < -0.39 is 0 Å². The third-order valence-electron chi connectivity index (χ3n) is 12.6. The van der Waals surface area contributed by atoms with E-state index in [2.05, 4.69) is 143 Å². The quantitative estimate of drug-likeness (QED) is 0.178. The van der Waals surface area contributed by atoms with E-state index in [-0.39, 0.29) is 0 Å². The van der Waals surface area contributed by atoms with E-state index in [1.54, 1.807) is 6.07 Å². The summed E-state index contributed by atoms with van der Waals surface area (Å²) in [5.41, 5.74) is 14.0. The summed E-state index contributed by atoms with van der Waals surface area (Å²) in [5, 5.41) is 29.0. The van der Waals surface area contributed by atoms with E-state index in [1.807, 2.05) is 54.6 Å². The molecule has 0 aliphatic rings. The highest BCUT2D eigenvalue weighted by atomic mass is 16.3. The van der Waals surface area contributed by atoms with E-state index in [1.165, 1.54) is 0 Å². The first-order valence-corrected chi connectivity index (χ1v) is 20.5. The number of rotatable bonds is 4. The summed E-state index contributed by atoms with van der Waals surface area (Å²) in [7, 11) is 0. The number of para-hydroxylation sites is 4. The molecule has 0 fully saturated rings. The van der Waals surface area contributed by atoms with Crippen LogP contribution in [0.2, 0.25) is 0 Å². The lowest BCUT2D eigenvalue weighted by molar-refractivity contribution is 0.672. The van der Waals surface area contributed by atoms with Gasteiger partial charge in [-0.25, -0.2) is 0 Å². The van der Waals surface area contributed by atoms with E-state index in [4.69, 9.17) is 8.83 Å². The average Bonchev–Trinajstić information content (AvgIpc) is 4.08. The summed E-state index contributed by atoms with van der Waals surface area (Å²) >= 11 is 0. The monoisotopic (exact) mass is 790 g/mol. The number of nitriles is 2. The minimum absolute atomic E-state index is 0.547. The van der Waals surface area contributed by atoms with Gasteiger partial charge in [0.1, 0.15) is 22.3 Å². The molecule has 6 heteroatoms. The predicted molar refractivity (Wildman–Crippen MR) is 250 cm³/mol. The Kier molecular flexibility index (Phi) is 7.05. The van der Waals surface area contributed by atoms with Crippen molar-refractivity contribution in [1.82, 2.24) is 9.13 Å². The van der Waals surface area contributed by atoms with Crippen molar-refractivity contribution in [3.63, 3.8) is 0 Å². The van der Waals surface area contributed by atoms with E-state index in [0.717, 1.165) is 121 Å². The molecule has 0 aliphatic carbocycles. The fraction of sp³-hybridized carbons (Fsp3) is 0. The maximum Gasteiger partial charge on any atom is 0.145 e. The molecule has 0 aliphatic heterocycles. The predicted octanol–water partition coefficient (Wildman–Crippen LogP) is 14.8. The van der Waals surface area contributed by atoms with Crippen LogP contribution in [0.4, 0.5) is 0 Å². The molecule has 13 rings (SSSR count). The molecular formula is C56H30N4O2. The van der Waals surface area contributed by atoms with Crippen LogP contribution in [0.3, 0.4) is 0 Å². The molecule has 0 bridgehead atoms. The molecule has 0 saturated heterocycles. The summed E-state index contributed by atoms with van der Waals surface area (Å²) in [6.45, 7) is 0. The van der Waals surface area contributed by atoms with Crippen molar-refractivity contribution in [3.05, 3.63) is 193 Å². The smallest absolute Gasteiger partial charge is 0.145 e. The summed E-state index contributed by atoms with van der Waals surface area (Å²) < 4.78 is 18.0. The van der Waals surface area contributed by atoms with Gasteiger partial charge in [0.25, 0.3) is 0 Å². The number of aromatic nitrogens is 2. The Balaban J connectivity index is 1.15. The Labute approximate surface area is 353 Å². The van der Waals surface area contributed by atoms with Crippen LogP contribution < -0.4 is 0 Å². The zero-order valence-electron chi connectivity index (χ0n) is 32.9. The lowest BCUT2D eigenvalue weighted by Crippen LogP contribution is -2.00. The largest absolute Gasteiger partial charge is 0.455 e. The molecule has 286 valence electrons. The first-order valence-electron chi connectivity index (χ1n) is 20.5. The normalized spacial score (nSPS) is 11.8. The number of hydrogen-bond acceptors (Lipinski definition) is 4. The van der Waals surface area contributed by atoms with Crippen LogP contribution in [0.15, 0.2) is 191 Å². The van der Waals surface area contributed by atoms with Crippen LogP contribution in [-0.2, 0) is 0 Å². The second-order valence-electron chi connectivity index (χ2n) is 15.9. The zero-order chi connectivity index (χ0) is 41.1. The van der Waals surface area contributed by atoms with E-state index >= 15 is 0 Å². The average molecular weight is 791 g/mol. The molecule has 0 saturated carbocycles. The molecule has 0 N–H and O–H groups in total. The van der Waals surface area contributed by atoms with Crippen LogP contribution in [-0.4, -0.2) is 9.13 Å². The standard InChI is InChI=1S/C56H30N4O2/c57-31-33-10-9-11-34(26-33)35-20-21-36(32-58)46(29-35)37-27-38(59-47-16-5-1-14-44(47)53-49(59)24-22-42-40-12-3-7-18-51(40)61-55(42)53)30-39(28-37)60-48-17-6-2-15-45(48)54-50(60)25-23-43-41-13-4-8-19-52(41)62-56(43)54/h1-30H. The van der Waals surface area contributed by atoms with Gasteiger partial charge in [0.05, 0.1) is 56.1 Å². The van der Waals surface area contributed by atoms with Crippen LogP contribution in [0.25, 0.3) is 121 Å². The number of nitrogens with zero attached hydrogens (tertiary/aromatic N) is 4. The maximum absolute atomic E-state index is 10.7. The van der Waals surface area contributed by atoms with Crippen LogP contribution in [0.1, 0.15) is 11.1 Å². The van der Waals surface area contributed by atoms with Gasteiger partial charge in [-0.15, -0.1) is 0 Å². The van der Waals surface area contributed by atoms with Gasteiger partial charge in [-0.3, -0.25) is 0 Å². The van der Waals surface area contributed by atoms with Crippen molar-refractivity contribution in [3.8, 4) is 45.8 Å². The molecule has 4 aromatic heterocycles. The molecule has 6 nitrogen and oxygen atoms in total. The SMILES string of the molecule is N#Cc1cccc(-c2ccc(C#N)c(-c3cc(-n4c5ccccc5c5c6oc7ccccc7c6ccc54)cc(-n4c5ccccc5c5c6oc7ccccc7c6ccc54)c3)c2)c1. The minimum atomic E-state index is 0.547. The van der Waals surface area contributed by atoms with Crippen LogP contribution in [0.5, 0.6) is 0 Å². The molecule has 9 aromatic carbocycles. The zero-order valence-corrected chi connectivity index (χ0v) is 32.9. The molecular weight excluding hydrogens is 761 g/mol. The molecule has 13 aromatic rings. The second kappa shape index (κ2) is 12.8. The summed E-state index contributed by atoms with van der Waals surface area (Å²) in [6.07, 6.45) is 0. The highest BCUT2D eigenvalue weighted by Crippen LogP contribution is 2.44. The van der Waals surface area contributed by atoms with Crippen molar-refractivity contribution in [2.24, 2.45) is 0 Å². The van der Waals surface area contributed by atoms with Gasteiger partial charge in [-0.05, 0) is 108 Å². The number of furan rings is 2. The van der Waals surface area contributed by atoms with E-state index in [0.29, 0.717) is 11.1 Å². The van der Waals surface area contributed by atoms with Gasteiger partial charge >= 0.3 is 0 Å². The Morgan fingerprint density at radius 2 is 0.903 bits per heavy atom. The third-order valence-corrected chi connectivity index (χ3v) is 12.6. The molecule has 0 atom stereocenters. The molecule has 0 unspecified atom stereocenters. The van der Waals surface area contributed by atoms with Crippen molar-refractivity contribution >= 4 is 87.5 Å². The highest BCUT2D eigenvalue weighted by Gasteiger charge is 2.23. The van der Waals surface area contributed by atoms with Crippen LogP contribution in [0, 0.1) is 22.7 Å². The van der Waals surface area contributed by atoms with Crippen molar-refractivity contribution in [1.29, 1.82) is 10.5 Å². The molecule has 62 heavy (non-hydrogen) atoms. The Morgan fingerprint density at radius 3 is 1.47 bits per heavy atom. The molecule has 0 radical (unpaired) electrons. The molecule has 4 heterocycles. The number of fused-ring (bicyclic) bond motifs is 14. The summed E-state index contributed by atoms with van der Waals surface area (Å²) in [5.74, 6) is 0. The van der Waals surface area contributed by atoms with E-state index in [9.17, 15) is 10.5 Å².